The fourth-order valence-electron chi connectivity index (χ4n) is 3.69. The van der Waals surface area contributed by atoms with E-state index in [1.165, 1.54) is 5.56 Å². The Morgan fingerprint density at radius 1 is 0.903 bits per heavy atom. The summed E-state index contributed by atoms with van der Waals surface area (Å²) >= 11 is 1.70. The van der Waals surface area contributed by atoms with Crippen molar-refractivity contribution in [2.45, 2.75) is 29.2 Å². The van der Waals surface area contributed by atoms with Crippen molar-refractivity contribution < 1.29 is 9.90 Å². The van der Waals surface area contributed by atoms with Gasteiger partial charge in [-0.15, -0.1) is 0 Å². The Labute approximate surface area is 186 Å². The Bertz CT molecular complexity index is 1060. The number of fused-ring (bicyclic) bond motifs is 1. The highest BCUT2D eigenvalue weighted by atomic mass is 32.2. The molecule has 1 aromatic heterocycles. The van der Waals surface area contributed by atoms with Gasteiger partial charge in [0, 0.05) is 46.1 Å². The van der Waals surface area contributed by atoms with Crippen molar-refractivity contribution >= 4 is 28.6 Å². The third-order valence-electron chi connectivity index (χ3n) is 5.16. The van der Waals surface area contributed by atoms with Crippen LogP contribution in [-0.2, 0) is 17.8 Å². The highest BCUT2D eigenvalue weighted by Gasteiger charge is 2.20. The molecule has 1 heterocycles. The van der Waals surface area contributed by atoms with Crippen LogP contribution in [0, 0.1) is 0 Å². The molecule has 4 nitrogen and oxygen atoms in total. The zero-order chi connectivity index (χ0) is 21.5. The van der Waals surface area contributed by atoms with Gasteiger partial charge in [0.05, 0.1) is 6.42 Å². The summed E-state index contributed by atoms with van der Waals surface area (Å²) in [5.41, 5.74) is 3.34. The highest BCUT2D eigenvalue weighted by Crippen LogP contribution is 2.39. The van der Waals surface area contributed by atoms with E-state index in [1.54, 1.807) is 11.8 Å². The maximum absolute atomic E-state index is 12.8. The van der Waals surface area contributed by atoms with Crippen molar-refractivity contribution in [1.82, 2.24) is 9.88 Å². The molecular weight excluding hydrogens is 404 g/mol. The summed E-state index contributed by atoms with van der Waals surface area (Å²) in [6.45, 7) is 1.26. The van der Waals surface area contributed by atoms with Gasteiger partial charge < -0.3 is 15.0 Å². The second-order valence-corrected chi connectivity index (χ2v) is 8.47. The molecule has 158 valence electrons. The maximum Gasteiger partial charge on any atom is 0.225 e. The molecule has 1 amide bonds. The zero-order valence-electron chi connectivity index (χ0n) is 17.3. The first-order chi connectivity index (χ1) is 15.3. The van der Waals surface area contributed by atoms with Gasteiger partial charge in [-0.2, -0.15) is 0 Å². The van der Waals surface area contributed by atoms with E-state index in [1.807, 2.05) is 42.5 Å². The number of nitrogens with zero attached hydrogens (tertiary/aromatic N) is 1. The van der Waals surface area contributed by atoms with E-state index in [0.717, 1.165) is 26.4 Å². The van der Waals surface area contributed by atoms with Gasteiger partial charge in [0.2, 0.25) is 5.91 Å². The molecule has 0 saturated heterocycles. The van der Waals surface area contributed by atoms with Gasteiger partial charge in [-0.1, -0.05) is 78.5 Å². The smallest absolute Gasteiger partial charge is 0.225 e. The third kappa shape index (κ3) is 5.19. The van der Waals surface area contributed by atoms with E-state index in [4.69, 9.17) is 5.11 Å². The molecule has 0 aliphatic carbocycles. The van der Waals surface area contributed by atoms with Crippen LogP contribution in [0.15, 0.2) is 94.7 Å². The van der Waals surface area contributed by atoms with Crippen molar-refractivity contribution in [1.29, 1.82) is 0 Å². The summed E-state index contributed by atoms with van der Waals surface area (Å²) in [5, 5.41) is 13.1. The molecule has 0 unspecified atom stereocenters. The predicted molar refractivity (Wildman–Crippen MR) is 126 cm³/mol. The Balaban J connectivity index is 1.78. The van der Waals surface area contributed by atoms with Crippen molar-refractivity contribution in [2.24, 2.45) is 0 Å². The molecule has 0 bridgehead atoms. The Morgan fingerprint density at radius 2 is 1.58 bits per heavy atom. The second-order valence-electron chi connectivity index (χ2n) is 7.38. The Kier molecular flexibility index (Phi) is 7.07. The molecule has 4 rings (SSSR count). The Hall–Kier alpha value is -3.02. The van der Waals surface area contributed by atoms with E-state index in [0.29, 0.717) is 25.9 Å². The number of carbonyl (C=O) groups is 1. The molecule has 5 heteroatoms. The predicted octanol–water partition coefficient (Wildman–Crippen LogP) is 4.88. The summed E-state index contributed by atoms with van der Waals surface area (Å²) in [7, 11) is 0. The van der Waals surface area contributed by atoms with E-state index in [9.17, 15) is 4.79 Å². The lowest BCUT2D eigenvalue weighted by Gasteiger charge is -2.13. The number of rotatable bonds is 9. The van der Waals surface area contributed by atoms with Gasteiger partial charge in [0.15, 0.2) is 0 Å². The maximum atomic E-state index is 12.8. The first kappa shape index (κ1) is 21.2. The van der Waals surface area contributed by atoms with Crippen LogP contribution in [0.25, 0.3) is 10.9 Å². The normalized spacial score (nSPS) is 11.0. The Morgan fingerprint density at radius 3 is 2.32 bits per heavy atom. The molecule has 3 aromatic carbocycles. The van der Waals surface area contributed by atoms with Crippen molar-refractivity contribution in [3.63, 3.8) is 0 Å². The van der Waals surface area contributed by atoms with Crippen LogP contribution in [-0.4, -0.2) is 28.7 Å². The van der Waals surface area contributed by atoms with Gasteiger partial charge in [0.1, 0.15) is 0 Å². The molecule has 31 heavy (non-hydrogen) atoms. The van der Waals surface area contributed by atoms with Crippen LogP contribution >= 0.6 is 11.8 Å². The lowest BCUT2D eigenvalue weighted by atomic mass is 10.2. The SMILES string of the molecule is O=C(Cc1c(Sc2ccccc2)c2ccccc2n1Cc1ccccc1)NCCCO. The number of aliphatic hydroxyl groups excluding tert-OH is 1. The van der Waals surface area contributed by atoms with Crippen LogP contribution in [0.5, 0.6) is 0 Å². The monoisotopic (exact) mass is 430 g/mol. The summed E-state index contributed by atoms with van der Waals surface area (Å²) in [5.74, 6) is -0.0273. The molecular formula is C26H26N2O2S. The summed E-state index contributed by atoms with van der Waals surface area (Å²) in [4.78, 5) is 15.0. The number of para-hydroxylation sites is 1. The van der Waals surface area contributed by atoms with Gasteiger partial charge in [-0.3, -0.25) is 4.79 Å². The van der Waals surface area contributed by atoms with Crippen molar-refractivity contribution in [3.05, 3.63) is 96.2 Å². The fourth-order valence-corrected chi connectivity index (χ4v) is 4.80. The number of nitrogens with one attached hydrogen (secondary N) is 1. The number of benzene rings is 3. The minimum Gasteiger partial charge on any atom is -0.396 e. The third-order valence-corrected chi connectivity index (χ3v) is 6.33. The van der Waals surface area contributed by atoms with Crippen LogP contribution in [0.2, 0.25) is 0 Å². The molecule has 0 spiro atoms. The number of carbonyl (C=O) groups excluding carboxylic acids is 1. The van der Waals surface area contributed by atoms with E-state index >= 15 is 0 Å². The van der Waals surface area contributed by atoms with Crippen LogP contribution < -0.4 is 5.32 Å². The van der Waals surface area contributed by atoms with Crippen LogP contribution in [0.3, 0.4) is 0 Å². The van der Waals surface area contributed by atoms with Gasteiger partial charge >= 0.3 is 0 Å². The summed E-state index contributed by atoms with van der Waals surface area (Å²) < 4.78 is 2.27. The molecule has 0 fully saturated rings. The number of amides is 1. The highest BCUT2D eigenvalue weighted by molar-refractivity contribution is 7.99. The van der Waals surface area contributed by atoms with Crippen molar-refractivity contribution in [3.8, 4) is 0 Å². The second kappa shape index (κ2) is 10.3. The average molecular weight is 431 g/mol. The number of aromatic nitrogens is 1. The minimum absolute atomic E-state index is 0.0273. The number of aliphatic hydroxyl groups is 1. The first-order valence-corrected chi connectivity index (χ1v) is 11.3. The molecule has 0 aliphatic rings. The quantitative estimate of drug-likeness (QED) is 0.372. The number of hydrogen-bond acceptors (Lipinski definition) is 3. The fraction of sp³-hybridized carbons (Fsp3) is 0.192. The molecule has 0 saturated carbocycles. The largest absolute Gasteiger partial charge is 0.396 e. The molecule has 0 aliphatic heterocycles. The summed E-state index contributed by atoms with van der Waals surface area (Å²) in [6, 6.07) is 29.0. The van der Waals surface area contributed by atoms with Crippen molar-refractivity contribution in [2.75, 3.05) is 13.2 Å². The van der Waals surface area contributed by atoms with E-state index in [-0.39, 0.29) is 12.5 Å². The molecule has 0 radical (unpaired) electrons. The van der Waals surface area contributed by atoms with E-state index < -0.39 is 0 Å². The molecule has 2 N–H and O–H groups in total. The lowest BCUT2D eigenvalue weighted by molar-refractivity contribution is -0.120. The van der Waals surface area contributed by atoms with E-state index in [2.05, 4.69) is 52.3 Å². The first-order valence-electron chi connectivity index (χ1n) is 10.5. The van der Waals surface area contributed by atoms with Gasteiger partial charge in [-0.05, 0) is 30.2 Å². The molecule has 0 atom stereocenters. The summed E-state index contributed by atoms with van der Waals surface area (Å²) in [6.07, 6.45) is 0.854. The van der Waals surface area contributed by atoms with Crippen LogP contribution in [0.4, 0.5) is 0 Å². The van der Waals surface area contributed by atoms with Crippen LogP contribution in [0.1, 0.15) is 17.7 Å². The average Bonchev–Trinajstić information content (AvgIpc) is 3.08. The standard InChI is InChI=1S/C26H26N2O2S/c29-17-9-16-27-25(30)18-24-26(31-21-12-5-2-6-13-21)22-14-7-8-15-23(22)28(24)19-20-10-3-1-4-11-20/h1-8,10-15,29H,9,16-19H2,(H,27,30). The topological polar surface area (TPSA) is 54.3 Å². The molecule has 4 aromatic rings. The minimum atomic E-state index is -0.0273. The van der Waals surface area contributed by atoms with Gasteiger partial charge in [0.25, 0.3) is 0 Å². The lowest BCUT2D eigenvalue weighted by Crippen LogP contribution is -2.27. The van der Waals surface area contributed by atoms with Gasteiger partial charge in [-0.25, -0.2) is 0 Å². The number of hydrogen-bond donors (Lipinski definition) is 2. The zero-order valence-corrected chi connectivity index (χ0v) is 18.1.